The molecule has 3 heterocycles. The van der Waals surface area contributed by atoms with Crippen LogP contribution in [0.4, 0.5) is 21.8 Å². The topological polar surface area (TPSA) is 158 Å². The first kappa shape index (κ1) is 27.6. The van der Waals surface area contributed by atoms with Crippen LogP contribution in [0.15, 0.2) is 42.9 Å². The molecule has 3 N–H and O–H groups in total. The molecule has 13 heteroatoms. The lowest BCUT2D eigenvalue weighted by atomic mass is 10.0. The number of carbonyl (C=O) groups excluding carboxylic acids is 1. The van der Waals surface area contributed by atoms with Gasteiger partial charge in [-0.3, -0.25) is 4.79 Å². The highest BCUT2D eigenvalue weighted by atomic mass is 19.1. The number of carbonyl (C=O) groups is 1. The summed E-state index contributed by atoms with van der Waals surface area (Å²) in [5, 5.41) is 25.4. The van der Waals surface area contributed by atoms with Gasteiger partial charge in [-0.15, -0.1) is 0 Å². The highest BCUT2D eigenvalue weighted by Gasteiger charge is 2.34. The van der Waals surface area contributed by atoms with Crippen molar-refractivity contribution in [3.8, 4) is 23.2 Å². The number of amides is 1. The van der Waals surface area contributed by atoms with Gasteiger partial charge < -0.3 is 30.1 Å². The third-order valence-corrected chi connectivity index (χ3v) is 5.99. The summed E-state index contributed by atoms with van der Waals surface area (Å²) in [6.45, 7) is 2.62. The monoisotopic (exact) mass is 536 g/mol. The molecular weight excluding hydrogens is 507 g/mol. The fourth-order valence-electron chi connectivity index (χ4n) is 3.98. The van der Waals surface area contributed by atoms with Gasteiger partial charge in [0.1, 0.15) is 36.2 Å². The van der Waals surface area contributed by atoms with Crippen molar-refractivity contribution in [3.05, 3.63) is 48.4 Å². The Morgan fingerprint density at radius 2 is 2.15 bits per heavy atom. The van der Waals surface area contributed by atoms with Crippen LogP contribution in [-0.4, -0.2) is 87.6 Å². The van der Waals surface area contributed by atoms with Gasteiger partial charge in [-0.2, -0.15) is 10.2 Å². The predicted octanol–water partition coefficient (Wildman–Crippen LogP) is 2.31. The number of halogens is 1. The standard InChI is InChI=1S/C26H29FN8O4/c1-16(36)25(37)35-9-7-22(20(27)14-35)39-21-5-3-17(11-18(21)12-28)24-31-15-32-26(34-24)33-19-4-6-23(30-13-19)29-8-10-38-2/h3-6,11,13,15-16,20,22,36H,7-10,14H2,1-2H3,(H,29,30)(H,31,32,33,34)/t16-,20-,22-/m0/s1. The molecule has 0 radical (unpaired) electrons. The fraction of sp³-hybridized carbons (Fsp3) is 0.385. The summed E-state index contributed by atoms with van der Waals surface area (Å²) in [5.74, 6) is 1.03. The lowest BCUT2D eigenvalue weighted by Gasteiger charge is -2.35. The molecular formula is C26H29FN8O4. The molecule has 1 aliphatic heterocycles. The highest BCUT2D eigenvalue weighted by molar-refractivity contribution is 5.80. The first-order valence-electron chi connectivity index (χ1n) is 12.3. The number of aliphatic hydroxyl groups excluding tert-OH is 1. The van der Waals surface area contributed by atoms with Crippen molar-refractivity contribution in [3.63, 3.8) is 0 Å². The number of hydrogen-bond donors (Lipinski definition) is 3. The fourth-order valence-corrected chi connectivity index (χ4v) is 3.98. The van der Waals surface area contributed by atoms with Gasteiger partial charge in [0.05, 0.1) is 30.6 Å². The Morgan fingerprint density at radius 3 is 2.85 bits per heavy atom. The van der Waals surface area contributed by atoms with Crippen LogP contribution in [0.1, 0.15) is 18.9 Å². The minimum Gasteiger partial charge on any atom is -0.486 e. The van der Waals surface area contributed by atoms with Crippen LogP contribution in [0.25, 0.3) is 11.4 Å². The van der Waals surface area contributed by atoms with E-state index in [2.05, 4.69) is 36.6 Å². The average Bonchev–Trinajstić information content (AvgIpc) is 2.95. The number of aromatic nitrogens is 4. The summed E-state index contributed by atoms with van der Waals surface area (Å²) in [7, 11) is 1.63. The number of ether oxygens (including phenoxy) is 2. The number of nitrogens with one attached hydrogen (secondary N) is 2. The quantitative estimate of drug-likeness (QED) is 0.326. The lowest BCUT2D eigenvalue weighted by Crippen LogP contribution is -2.51. The Kier molecular flexibility index (Phi) is 9.14. The van der Waals surface area contributed by atoms with E-state index in [1.807, 2.05) is 12.1 Å². The van der Waals surface area contributed by atoms with Gasteiger partial charge in [0.15, 0.2) is 12.0 Å². The highest BCUT2D eigenvalue weighted by Crippen LogP contribution is 2.28. The van der Waals surface area contributed by atoms with Crippen LogP contribution in [0.3, 0.4) is 0 Å². The number of likely N-dealkylation sites (tertiary alicyclic amines) is 1. The zero-order chi connectivity index (χ0) is 27.8. The van der Waals surface area contributed by atoms with Crippen LogP contribution in [0.5, 0.6) is 5.75 Å². The van der Waals surface area contributed by atoms with Crippen molar-refractivity contribution in [2.45, 2.75) is 31.7 Å². The number of nitriles is 1. The van der Waals surface area contributed by atoms with E-state index >= 15 is 0 Å². The molecule has 1 saturated heterocycles. The van der Waals surface area contributed by atoms with Crippen molar-refractivity contribution < 1.29 is 23.8 Å². The third-order valence-electron chi connectivity index (χ3n) is 5.99. The van der Waals surface area contributed by atoms with E-state index in [0.717, 1.165) is 0 Å². The Bertz CT molecular complexity index is 1320. The van der Waals surface area contributed by atoms with Crippen molar-refractivity contribution in [2.24, 2.45) is 0 Å². The SMILES string of the molecule is COCCNc1ccc(Nc2ncnc(-c3ccc(O[C@H]4CCN(C(=O)[C@H](C)O)C[C@@H]4F)c(C#N)c3)n2)cn1. The number of benzene rings is 1. The van der Waals surface area contributed by atoms with Crippen LogP contribution in [0, 0.1) is 11.3 Å². The second-order valence-electron chi connectivity index (χ2n) is 8.85. The van der Waals surface area contributed by atoms with E-state index in [1.165, 1.54) is 18.2 Å². The Labute approximate surface area is 224 Å². The van der Waals surface area contributed by atoms with Crippen molar-refractivity contribution in [2.75, 3.05) is 44.0 Å². The number of rotatable bonds is 10. The van der Waals surface area contributed by atoms with Crippen LogP contribution >= 0.6 is 0 Å². The molecule has 1 aliphatic rings. The molecule has 1 fully saturated rings. The molecule has 3 aromatic rings. The average molecular weight is 537 g/mol. The Morgan fingerprint density at radius 1 is 1.31 bits per heavy atom. The van der Waals surface area contributed by atoms with Gasteiger partial charge in [0.25, 0.3) is 5.91 Å². The Balaban J connectivity index is 1.42. The summed E-state index contributed by atoms with van der Waals surface area (Å²) in [6.07, 6.45) is -0.261. The lowest BCUT2D eigenvalue weighted by molar-refractivity contribution is -0.143. The summed E-state index contributed by atoms with van der Waals surface area (Å²) in [4.78, 5) is 30.4. The maximum atomic E-state index is 14.8. The van der Waals surface area contributed by atoms with Crippen molar-refractivity contribution >= 4 is 23.4 Å². The molecule has 1 amide bonds. The maximum Gasteiger partial charge on any atom is 0.251 e. The smallest absolute Gasteiger partial charge is 0.251 e. The van der Waals surface area contributed by atoms with E-state index < -0.39 is 24.3 Å². The minimum atomic E-state index is -1.46. The van der Waals surface area contributed by atoms with E-state index in [9.17, 15) is 19.6 Å². The number of piperidine rings is 1. The van der Waals surface area contributed by atoms with Gasteiger partial charge >= 0.3 is 0 Å². The zero-order valence-corrected chi connectivity index (χ0v) is 21.5. The van der Waals surface area contributed by atoms with E-state index in [1.54, 1.807) is 31.5 Å². The number of methoxy groups -OCH3 is 1. The Hall–Kier alpha value is -4.41. The maximum absolute atomic E-state index is 14.8. The number of pyridine rings is 1. The number of hydrogen-bond acceptors (Lipinski definition) is 11. The van der Waals surface area contributed by atoms with Crippen LogP contribution in [0.2, 0.25) is 0 Å². The van der Waals surface area contributed by atoms with E-state index in [4.69, 9.17) is 9.47 Å². The zero-order valence-electron chi connectivity index (χ0n) is 21.5. The molecule has 4 rings (SSSR count). The van der Waals surface area contributed by atoms with Crippen LogP contribution < -0.4 is 15.4 Å². The number of aliphatic hydroxyl groups is 1. The van der Waals surface area contributed by atoms with Crippen LogP contribution in [-0.2, 0) is 9.53 Å². The number of alkyl halides is 1. The summed E-state index contributed by atoms with van der Waals surface area (Å²) < 4.78 is 25.6. The molecule has 0 saturated carbocycles. The minimum absolute atomic E-state index is 0.183. The number of anilines is 3. The molecule has 1 aromatic carbocycles. The normalized spacial score (nSPS) is 17.7. The first-order chi connectivity index (χ1) is 18.9. The van der Waals surface area contributed by atoms with Gasteiger partial charge in [0.2, 0.25) is 5.95 Å². The molecule has 39 heavy (non-hydrogen) atoms. The molecule has 0 bridgehead atoms. The molecule has 204 valence electrons. The second-order valence-corrected chi connectivity index (χ2v) is 8.85. The molecule has 0 aliphatic carbocycles. The summed E-state index contributed by atoms with van der Waals surface area (Å²) in [5.41, 5.74) is 1.42. The first-order valence-corrected chi connectivity index (χ1v) is 12.3. The van der Waals surface area contributed by atoms with Gasteiger partial charge in [0, 0.05) is 32.2 Å². The number of nitrogens with zero attached hydrogens (tertiary/aromatic N) is 6. The summed E-state index contributed by atoms with van der Waals surface area (Å²) >= 11 is 0. The van der Waals surface area contributed by atoms with E-state index in [0.29, 0.717) is 42.0 Å². The van der Waals surface area contributed by atoms with Crippen molar-refractivity contribution in [1.82, 2.24) is 24.8 Å². The third kappa shape index (κ3) is 7.13. The molecule has 2 aromatic heterocycles. The summed E-state index contributed by atoms with van der Waals surface area (Å²) in [6, 6.07) is 10.5. The van der Waals surface area contributed by atoms with Gasteiger partial charge in [-0.1, -0.05) is 0 Å². The molecule has 0 unspecified atom stereocenters. The predicted molar refractivity (Wildman–Crippen MR) is 140 cm³/mol. The second kappa shape index (κ2) is 12.9. The molecule has 0 spiro atoms. The molecule has 12 nitrogen and oxygen atoms in total. The van der Waals surface area contributed by atoms with Crippen molar-refractivity contribution in [1.29, 1.82) is 5.26 Å². The van der Waals surface area contributed by atoms with E-state index in [-0.39, 0.29) is 30.8 Å². The van der Waals surface area contributed by atoms with Gasteiger partial charge in [-0.05, 0) is 37.3 Å². The molecule has 3 atom stereocenters. The van der Waals surface area contributed by atoms with Gasteiger partial charge in [-0.25, -0.2) is 19.3 Å². The largest absolute Gasteiger partial charge is 0.486 e.